The van der Waals surface area contributed by atoms with Crippen LogP contribution in [0.3, 0.4) is 0 Å². The monoisotopic (exact) mass is 398 g/mol. The number of aromatic nitrogens is 2. The lowest BCUT2D eigenvalue weighted by molar-refractivity contribution is -0.115. The lowest BCUT2D eigenvalue weighted by Crippen LogP contribution is -2.32. The average Bonchev–Trinajstić information content (AvgIpc) is 3.10. The summed E-state index contributed by atoms with van der Waals surface area (Å²) in [5.41, 5.74) is 4.25. The molecule has 0 saturated heterocycles. The third-order valence-electron chi connectivity index (χ3n) is 4.07. The van der Waals surface area contributed by atoms with Gasteiger partial charge in [-0.2, -0.15) is 13.2 Å². The largest absolute Gasteiger partial charge is 0.405 e. The van der Waals surface area contributed by atoms with Gasteiger partial charge in [-0.3, -0.25) is 0 Å². The normalized spacial score (nSPS) is 14.8. The lowest BCUT2D eigenvalue weighted by Gasteiger charge is -2.33. The molecule has 1 aromatic heterocycles. The van der Waals surface area contributed by atoms with E-state index in [1.165, 1.54) is 16.8 Å². The van der Waals surface area contributed by atoms with Crippen LogP contribution < -0.4 is 10.2 Å². The standard InChI is InChI=1S/C17H21F3N6S/c1-11(2)8-26-5-3-4-12-6-14(23-25-16-24-22-10-27-16)13(7-15(12)26)21-9-17(18,19)20/h6-7,10-11,21H,3-5,8-9H2,1-2H3. The quantitative estimate of drug-likeness (QED) is 0.668. The molecule has 0 radical (unpaired) electrons. The predicted octanol–water partition coefficient (Wildman–Crippen LogP) is 5.34. The molecular formula is C17H21F3N6S. The summed E-state index contributed by atoms with van der Waals surface area (Å²) in [6.07, 6.45) is -2.45. The molecule has 3 rings (SSSR count). The fourth-order valence-electron chi connectivity index (χ4n) is 3.05. The highest BCUT2D eigenvalue weighted by Crippen LogP contribution is 2.38. The van der Waals surface area contributed by atoms with Crippen molar-refractivity contribution in [3.8, 4) is 0 Å². The Kier molecular flexibility index (Phi) is 5.93. The first kappa shape index (κ1) is 19.5. The van der Waals surface area contributed by atoms with Crippen LogP contribution >= 0.6 is 11.3 Å². The zero-order chi connectivity index (χ0) is 19.4. The van der Waals surface area contributed by atoms with E-state index in [2.05, 4.69) is 44.5 Å². The number of anilines is 2. The van der Waals surface area contributed by atoms with Crippen molar-refractivity contribution in [2.24, 2.45) is 16.1 Å². The van der Waals surface area contributed by atoms with Crippen LogP contribution in [-0.4, -0.2) is 36.0 Å². The summed E-state index contributed by atoms with van der Waals surface area (Å²) >= 11 is 1.21. The number of nitrogens with one attached hydrogen (secondary N) is 1. The van der Waals surface area contributed by atoms with E-state index in [0.29, 0.717) is 22.4 Å². The molecule has 1 aliphatic rings. The first-order valence-corrected chi connectivity index (χ1v) is 9.60. The minimum absolute atomic E-state index is 0.315. The highest BCUT2D eigenvalue weighted by Gasteiger charge is 2.28. The first-order valence-electron chi connectivity index (χ1n) is 8.72. The smallest absolute Gasteiger partial charge is 0.375 e. The Labute approximate surface area is 159 Å². The van der Waals surface area contributed by atoms with Crippen molar-refractivity contribution in [2.45, 2.75) is 32.9 Å². The second-order valence-corrected chi connectivity index (χ2v) is 7.64. The number of nitrogens with zero attached hydrogens (tertiary/aromatic N) is 5. The van der Waals surface area contributed by atoms with E-state index in [-0.39, 0.29) is 0 Å². The van der Waals surface area contributed by atoms with Gasteiger partial charge in [-0.15, -0.1) is 20.4 Å². The van der Waals surface area contributed by atoms with Crippen LogP contribution in [0.15, 0.2) is 27.9 Å². The summed E-state index contributed by atoms with van der Waals surface area (Å²) in [5, 5.41) is 18.4. The van der Waals surface area contributed by atoms with Gasteiger partial charge in [0, 0.05) is 18.8 Å². The summed E-state index contributed by atoms with van der Waals surface area (Å²) in [4.78, 5) is 2.23. The number of azo groups is 1. The SMILES string of the molecule is CC(C)CN1CCCc2cc(N=Nc3nncs3)c(NCC(F)(F)F)cc21. The molecule has 0 aliphatic carbocycles. The minimum atomic E-state index is -4.32. The Hall–Kier alpha value is -2.23. The van der Waals surface area contributed by atoms with Crippen LogP contribution in [-0.2, 0) is 6.42 Å². The maximum absolute atomic E-state index is 12.7. The second kappa shape index (κ2) is 8.20. The van der Waals surface area contributed by atoms with Crippen molar-refractivity contribution >= 4 is 33.5 Å². The molecule has 2 aromatic rings. The summed E-state index contributed by atoms with van der Waals surface area (Å²) in [7, 11) is 0. The van der Waals surface area contributed by atoms with Gasteiger partial charge in [0.05, 0.1) is 5.69 Å². The number of rotatable bonds is 6. The van der Waals surface area contributed by atoms with E-state index < -0.39 is 12.7 Å². The second-order valence-electron chi connectivity index (χ2n) is 6.83. The lowest BCUT2D eigenvalue weighted by atomic mass is 9.99. The third-order valence-corrected chi connectivity index (χ3v) is 4.64. The van der Waals surface area contributed by atoms with Crippen LogP contribution in [0.5, 0.6) is 0 Å². The zero-order valence-corrected chi connectivity index (χ0v) is 15.9. The number of halogens is 3. The van der Waals surface area contributed by atoms with Gasteiger partial charge in [-0.05, 0) is 36.5 Å². The topological polar surface area (TPSA) is 65.8 Å². The van der Waals surface area contributed by atoms with E-state index in [1.54, 1.807) is 6.07 Å². The van der Waals surface area contributed by atoms with Crippen molar-refractivity contribution in [3.05, 3.63) is 23.2 Å². The molecule has 2 heterocycles. The number of alkyl halides is 3. The summed E-state index contributed by atoms with van der Waals surface area (Å²) in [6, 6.07) is 3.59. The van der Waals surface area contributed by atoms with Crippen molar-refractivity contribution in [2.75, 3.05) is 29.9 Å². The molecule has 146 valence electrons. The zero-order valence-electron chi connectivity index (χ0n) is 15.1. The Morgan fingerprint density at radius 1 is 1.30 bits per heavy atom. The predicted molar refractivity (Wildman–Crippen MR) is 100 cm³/mol. The molecule has 1 aromatic carbocycles. The van der Waals surface area contributed by atoms with Crippen molar-refractivity contribution in [1.82, 2.24) is 10.2 Å². The molecule has 0 saturated carbocycles. The van der Waals surface area contributed by atoms with Gasteiger partial charge in [0.1, 0.15) is 17.7 Å². The van der Waals surface area contributed by atoms with Crippen LogP contribution in [0, 0.1) is 5.92 Å². The molecule has 0 amide bonds. The molecule has 1 aliphatic heterocycles. The molecule has 1 N–H and O–H groups in total. The molecule has 0 fully saturated rings. The van der Waals surface area contributed by atoms with Crippen LogP contribution in [0.2, 0.25) is 0 Å². The molecule has 0 bridgehead atoms. The highest BCUT2D eigenvalue weighted by molar-refractivity contribution is 7.13. The fourth-order valence-corrected chi connectivity index (χ4v) is 3.42. The van der Waals surface area contributed by atoms with Crippen molar-refractivity contribution in [1.29, 1.82) is 0 Å². The average molecular weight is 398 g/mol. The maximum atomic E-state index is 12.7. The summed E-state index contributed by atoms with van der Waals surface area (Å²) < 4.78 is 38.2. The van der Waals surface area contributed by atoms with Crippen LogP contribution in [0.1, 0.15) is 25.8 Å². The van der Waals surface area contributed by atoms with E-state index >= 15 is 0 Å². The van der Waals surface area contributed by atoms with Gasteiger partial charge >= 0.3 is 6.18 Å². The van der Waals surface area contributed by atoms with Crippen LogP contribution in [0.4, 0.5) is 35.4 Å². The van der Waals surface area contributed by atoms with Gasteiger partial charge in [-0.25, -0.2) is 0 Å². The maximum Gasteiger partial charge on any atom is 0.405 e. The van der Waals surface area contributed by atoms with E-state index in [1.807, 2.05) is 6.07 Å². The van der Waals surface area contributed by atoms with Gasteiger partial charge in [-0.1, -0.05) is 25.2 Å². The molecule has 10 heteroatoms. The number of hydrogen-bond donors (Lipinski definition) is 1. The van der Waals surface area contributed by atoms with Gasteiger partial charge in [0.15, 0.2) is 0 Å². The molecule has 6 nitrogen and oxygen atoms in total. The third kappa shape index (κ3) is 5.38. The Balaban J connectivity index is 1.95. The Bertz CT molecular complexity index is 789. The Morgan fingerprint density at radius 3 is 2.78 bits per heavy atom. The number of fused-ring (bicyclic) bond motifs is 1. The summed E-state index contributed by atoms with van der Waals surface area (Å²) in [6.45, 7) is 4.88. The van der Waals surface area contributed by atoms with E-state index in [0.717, 1.165) is 37.2 Å². The first-order chi connectivity index (χ1) is 12.8. The number of benzene rings is 1. The number of aryl methyl sites for hydroxylation is 1. The van der Waals surface area contributed by atoms with Gasteiger partial charge in [0.25, 0.3) is 5.13 Å². The molecule has 0 unspecified atom stereocenters. The summed E-state index contributed by atoms with van der Waals surface area (Å²) in [5.74, 6) is 0.458. The molecule has 27 heavy (non-hydrogen) atoms. The minimum Gasteiger partial charge on any atom is -0.375 e. The van der Waals surface area contributed by atoms with E-state index in [9.17, 15) is 13.2 Å². The Morgan fingerprint density at radius 2 is 2.11 bits per heavy atom. The molecular weight excluding hydrogens is 377 g/mol. The van der Waals surface area contributed by atoms with Gasteiger partial charge in [0.2, 0.25) is 0 Å². The van der Waals surface area contributed by atoms with Gasteiger partial charge < -0.3 is 10.2 Å². The van der Waals surface area contributed by atoms with Crippen LogP contribution in [0.25, 0.3) is 0 Å². The van der Waals surface area contributed by atoms with Crippen molar-refractivity contribution < 1.29 is 13.2 Å². The molecule has 0 atom stereocenters. The highest BCUT2D eigenvalue weighted by atomic mass is 32.1. The number of hydrogen-bond acceptors (Lipinski definition) is 7. The van der Waals surface area contributed by atoms with E-state index in [4.69, 9.17) is 0 Å². The van der Waals surface area contributed by atoms with Crippen molar-refractivity contribution in [3.63, 3.8) is 0 Å². The fraction of sp³-hybridized carbons (Fsp3) is 0.529. The molecule has 0 spiro atoms.